The minimum atomic E-state index is -0.618. The standard InChI is InChI=1S/C27H39N3O3/c1-26-9-7-23-22-8-10-27(32,17-33-2)12-19(22)3-5-24(23)25(26)6-4-20(26)11-21(31)16-30-15-18(13-28)14-29-30/h14-15,19-20,22-25,32H,3-12,16-17H2,1-2H3/t19-,20-,22+,23-,24-,25+,26-,27-/m1/s1. The number of aromatic nitrogens is 2. The zero-order chi connectivity index (χ0) is 23.2. The number of hydrogen-bond acceptors (Lipinski definition) is 5. The van der Waals surface area contributed by atoms with Gasteiger partial charge in [0.25, 0.3) is 0 Å². The lowest BCUT2D eigenvalue weighted by Gasteiger charge is -2.57. The first kappa shape index (κ1) is 23.1. The Balaban J connectivity index is 1.23. The van der Waals surface area contributed by atoms with Crippen LogP contribution in [0.2, 0.25) is 0 Å². The van der Waals surface area contributed by atoms with Crippen LogP contribution in [0.5, 0.6) is 0 Å². The Bertz CT molecular complexity index is 922. The number of fused-ring (bicyclic) bond motifs is 5. The molecule has 0 radical (unpaired) electrons. The van der Waals surface area contributed by atoms with Crippen LogP contribution in [0, 0.1) is 52.3 Å². The van der Waals surface area contributed by atoms with Gasteiger partial charge < -0.3 is 9.84 Å². The Kier molecular flexibility index (Phi) is 6.16. The molecule has 4 aliphatic rings. The molecule has 33 heavy (non-hydrogen) atoms. The van der Waals surface area contributed by atoms with Crippen molar-refractivity contribution in [3.8, 4) is 6.07 Å². The molecule has 1 N–H and O–H groups in total. The van der Waals surface area contributed by atoms with E-state index in [0.29, 0.717) is 30.4 Å². The van der Waals surface area contributed by atoms with Gasteiger partial charge in [0, 0.05) is 19.7 Å². The minimum absolute atomic E-state index is 0.241. The lowest BCUT2D eigenvalue weighted by molar-refractivity contribution is -0.128. The number of methoxy groups -OCH3 is 1. The van der Waals surface area contributed by atoms with Crippen molar-refractivity contribution in [1.82, 2.24) is 9.78 Å². The van der Waals surface area contributed by atoms with E-state index in [1.54, 1.807) is 18.0 Å². The van der Waals surface area contributed by atoms with Gasteiger partial charge in [-0.1, -0.05) is 6.92 Å². The molecule has 180 valence electrons. The van der Waals surface area contributed by atoms with Crippen molar-refractivity contribution in [3.63, 3.8) is 0 Å². The second-order valence-corrected chi connectivity index (χ2v) is 11.9. The molecular formula is C27H39N3O3. The highest BCUT2D eigenvalue weighted by Crippen LogP contribution is 2.65. The number of Topliss-reactive ketones (excluding diaryl/α,β-unsaturated/α-hetero) is 1. The van der Waals surface area contributed by atoms with Crippen LogP contribution < -0.4 is 0 Å². The van der Waals surface area contributed by atoms with Crippen molar-refractivity contribution < 1.29 is 14.6 Å². The molecule has 1 heterocycles. The number of carbonyl (C=O) groups excluding carboxylic acids is 1. The molecule has 0 spiro atoms. The second-order valence-electron chi connectivity index (χ2n) is 11.9. The highest BCUT2D eigenvalue weighted by atomic mass is 16.5. The number of hydrogen-bond donors (Lipinski definition) is 1. The predicted molar refractivity (Wildman–Crippen MR) is 124 cm³/mol. The number of nitrogens with zero attached hydrogens (tertiary/aromatic N) is 3. The van der Waals surface area contributed by atoms with Crippen LogP contribution in [-0.4, -0.2) is 40.0 Å². The normalized spacial score (nSPS) is 42.1. The summed E-state index contributed by atoms with van der Waals surface area (Å²) in [5.74, 6) is 4.46. The molecule has 0 unspecified atom stereocenters. The van der Waals surface area contributed by atoms with Crippen LogP contribution in [0.1, 0.15) is 76.7 Å². The fourth-order valence-corrected chi connectivity index (χ4v) is 8.83. The maximum Gasteiger partial charge on any atom is 0.154 e. The maximum absolute atomic E-state index is 12.9. The van der Waals surface area contributed by atoms with E-state index in [1.807, 2.05) is 0 Å². The number of ether oxygens (including phenoxy) is 1. The van der Waals surface area contributed by atoms with Crippen LogP contribution in [0.3, 0.4) is 0 Å². The van der Waals surface area contributed by atoms with Crippen LogP contribution in [0.4, 0.5) is 0 Å². The summed E-state index contributed by atoms with van der Waals surface area (Å²) >= 11 is 0. The van der Waals surface area contributed by atoms with Gasteiger partial charge in [0.15, 0.2) is 5.78 Å². The van der Waals surface area contributed by atoms with Crippen molar-refractivity contribution >= 4 is 5.78 Å². The number of ketones is 1. The summed E-state index contributed by atoms with van der Waals surface area (Å²) in [6, 6.07) is 2.08. The molecule has 1 aromatic heterocycles. The van der Waals surface area contributed by atoms with Gasteiger partial charge in [0.2, 0.25) is 0 Å². The zero-order valence-electron chi connectivity index (χ0n) is 20.2. The largest absolute Gasteiger partial charge is 0.387 e. The van der Waals surface area contributed by atoms with Crippen molar-refractivity contribution in [2.75, 3.05) is 13.7 Å². The zero-order valence-corrected chi connectivity index (χ0v) is 20.2. The summed E-state index contributed by atoms with van der Waals surface area (Å²) in [5.41, 5.74) is 0.165. The maximum atomic E-state index is 12.9. The van der Waals surface area contributed by atoms with E-state index >= 15 is 0 Å². The molecule has 6 heteroatoms. The van der Waals surface area contributed by atoms with Gasteiger partial charge in [-0.25, -0.2) is 0 Å². The van der Waals surface area contributed by atoms with Gasteiger partial charge in [0.1, 0.15) is 6.07 Å². The van der Waals surface area contributed by atoms with Crippen molar-refractivity contribution in [2.45, 2.75) is 83.3 Å². The first-order valence-electron chi connectivity index (χ1n) is 13.0. The fraction of sp³-hybridized carbons (Fsp3) is 0.815. The highest BCUT2D eigenvalue weighted by molar-refractivity contribution is 5.78. The third kappa shape index (κ3) is 4.17. The van der Waals surface area contributed by atoms with Gasteiger partial charge >= 0.3 is 0 Å². The average molecular weight is 454 g/mol. The van der Waals surface area contributed by atoms with Gasteiger partial charge in [-0.05, 0) is 98.7 Å². The molecule has 5 rings (SSSR count). The van der Waals surface area contributed by atoms with Gasteiger partial charge in [0.05, 0.1) is 30.5 Å². The van der Waals surface area contributed by atoms with E-state index in [9.17, 15) is 9.90 Å². The number of nitriles is 1. The number of carbonyl (C=O) groups is 1. The summed E-state index contributed by atoms with van der Waals surface area (Å²) in [4.78, 5) is 12.9. The Morgan fingerprint density at radius 2 is 2.03 bits per heavy atom. The summed E-state index contributed by atoms with van der Waals surface area (Å²) in [6.07, 6.45) is 14.3. The number of aliphatic hydroxyl groups is 1. The minimum Gasteiger partial charge on any atom is -0.387 e. The molecular weight excluding hydrogens is 414 g/mol. The summed E-state index contributed by atoms with van der Waals surface area (Å²) in [6.45, 7) is 3.22. The summed E-state index contributed by atoms with van der Waals surface area (Å²) in [7, 11) is 1.70. The predicted octanol–water partition coefficient (Wildman–Crippen LogP) is 4.36. The fourth-order valence-electron chi connectivity index (χ4n) is 8.83. The van der Waals surface area contributed by atoms with Crippen LogP contribution in [0.25, 0.3) is 0 Å². The molecule has 4 fully saturated rings. The molecule has 0 aliphatic heterocycles. The van der Waals surface area contributed by atoms with E-state index in [0.717, 1.165) is 42.9 Å². The summed E-state index contributed by atoms with van der Waals surface area (Å²) < 4.78 is 6.94. The van der Waals surface area contributed by atoms with E-state index in [1.165, 1.54) is 44.7 Å². The highest BCUT2D eigenvalue weighted by Gasteiger charge is 2.57. The second kappa shape index (κ2) is 8.82. The Hall–Kier alpha value is -1.71. The third-order valence-corrected chi connectivity index (χ3v) is 10.3. The molecule has 1 aromatic rings. The molecule has 0 amide bonds. The first-order chi connectivity index (χ1) is 15.8. The average Bonchev–Trinajstić information content (AvgIpc) is 3.37. The molecule has 0 bridgehead atoms. The van der Waals surface area contributed by atoms with Gasteiger partial charge in [-0.15, -0.1) is 0 Å². The Morgan fingerprint density at radius 3 is 2.79 bits per heavy atom. The lowest BCUT2D eigenvalue weighted by Crippen LogP contribution is -2.52. The quantitative estimate of drug-likeness (QED) is 0.691. The Morgan fingerprint density at radius 1 is 1.21 bits per heavy atom. The van der Waals surface area contributed by atoms with E-state index in [-0.39, 0.29) is 17.7 Å². The van der Waals surface area contributed by atoms with Crippen LogP contribution in [0.15, 0.2) is 12.4 Å². The number of rotatable bonds is 6. The van der Waals surface area contributed by atoms with E-state index < -0.39 is 5.60 Å². The molecule has 0 aromatic carbocycles. The monoisotopic (exact) mass is 453 g/mol. The van der Waals surface area contributed by atoms with Crippen LogP contribution in [-0.2, 0) is 16.1 Å². The molecule has 0 saturated heterocycles. The van der Waals surface area contributed by atoms with Crippen molar-refractivity contribution in [2.24, 2.45) is 40.9 Å². The Labute approximate surface area is 197 Å². The third-order valence-electron chi connectivity index (χ3n) is 10.3. The molecule has 8 atom stereocenters. The van der Waals surface area contributed by atoms with E-state index in [2.05, 4.69) is 18.1 Å². The molecule has 6 nitrogen and oxygen atoms in total. The van der Waals surface area contributed by atoms with Gasteiger partial charge in [-0.3, -0.25) is 9.48 Å². The molecule has 4 saturated carbocycles. The SMILES string of the molecule is COC[C@@]1(O)CC[C@H]2[C@H](CC[C@@H]3[C@@H]2CC[C@]2(C)[C@@H](CC(=O)Cn4cc(C#N)cn4)CC[C@@H]32)C1. The van der Waals surface area contributed by atoms with Gasteiger partial charge in [-0.2, -0.15) is 10.4 Å². The van der Waals surface area contributed by atoms with Crippen molar-refractivity contribution in [1.29, 1.82) is 5.26 Å². The lowest BCUT2D eigenvalue weighted by atomic mass is 9.49. The van der Waals surface area contributed by atoms with Crippen molar-refractivity contribution in [3.05, 3.63) is 18.0 Å². The summed E-state index contributed by atoms with van der Waals surface area (Å²) in [5, 5.41) is 24.1. The topological polar surface area (TPSA) is 88.1 Å². The van der Waals surface area contributed by atoms with Crippen LogP contribution >= 0.6 is 0 Å². The molecule has 4 aliphatic carbocycles. The van der Waals surface area contributed by atoms with E-state index in [4.69, 9.17) is 10.00 Å². The first-order valence-corrected chi connectivity index (χ1v) is 13.0. The smallest absolute Gasteiger partial charge is 0.154 e.